The van der Waals surface area contributed by atoms with E-state index in [9.17, 15) is 9.50 Å². The summed E-state index contributed by atoms with van der Waals surface area (Å²) in [5, 5.41) is 13.2. The van der Waals surface area contributed by atoms with Gasteiger partial charge in [-0.05, 0) is 67.0 Å². The van der Waals surface area contributed by atoms with Crippen LogP contribution in [0.15, 0.2) is 42.6 Å². The Bertz CT molecular complexity index is 633. The number of aromatic nitrogens is 1. The summed E-state index contributed by atoms with van der Waals surface area (Å²) in [4.78, 5) is 4.32. The van der Waals surface area contributed by atoms with Crippen molar-refractivity contribution < 1.29 is 9.50 Å². The summed E-state index contributed by atoms with van der Waals surface area (Å²) in [5.74, 6) is -0.0616. The molecule has 1 aromatic carbocycles. The third-order valence-corrected chi connectivity index (χ3v) is 4.56. The molecule has 3 nitrogen and oxygen atoms in total. The first-order chi connectivity index (χ1) is 11.3. The molecule has 23 heavy (non-hydrogen) atoms. The molecular weight excluding hydrogens is 291 g/mol. The Morgan fingerprint density at radius 2 is 2.22 bits per heavy atom. The molecule has 3 rings (SSSR count). The highest BCUT2D eigenvalue weighted by Crippen LogP contribution is 2.30. The lowest BCUT2D eigenvalue weighted by atomic mass is 9.87. The predicted octanol–water partition coefficient (Wildman–Crippen LogP) is 3.04. The van der Waals surface area contributed by atoms with E-state index in [1.807, 2.05) is 24.3 Å². The van der Waals surface area contributed by atoms with Gasteiger partial charge in [0.05, 0.1) is 0 Å². The van der Waals surface area contributed by atoms with Crippen molar-refractivity contribution in [3.8, 4) is 0 Å². The standard InChI is InChI=1S/C19H23FN2O/c20-16-8-7-15-4-3-6-19(18(15)11-16)22-12-14(13-23)10-17-5-1-2-9-21-17/h1-2,5,7-9,11,14,19,22-23H,3-4,6,10,12-13H2/t14-,19+/m1/s1. The van der Waals surface area contributed by atoms with Crippen molar-refractivity contribution in [3.05, 3.63) is 65.2 Å². The largest absolute Gasteiger partial charge is 0.396 e. The molecule has 0 bridgehead atoms. The first-order valence-electron chi connectivity index (χ1n) is 8.28. The van der Waals surface area contributed by atoms with Gasteiger partial charge in [0.2, 0.25) is 0 Å². The quantitative estimate of drug-likeness (QED) is 0.861. The van der Waals surface area contributed by atoms with E-state index < -0.39 is 0 Å². The fourth-order valence-electron chi connectivity index (χ4n) is 3.31. The number of hydrogen-bond donors (Lipinski definition) is 2. The van der Waals surface area contributed by atoms with E-state index >= 15 is 0 Å². The van der Waals surface area contributed by atoms with E-state index in [2.05, 4.69) is 10.3 Å². The molecule has 0 saturated heterocycles. The number of aliphatic hydroxyl groups excluding tert-OH is 1. The molecule has 1 aliphatic rings. The van der Waals surface area contributed by atoms with E-state index in [1.54, 1.807) is 18.3 Å². The molecule has 0 amide bonds. The number of pyridine rings is 1. The molecule has 0 fully saturated rings. The van der Waals surface area contributed by atoms with Crippen LogP contribution in [0.5, 0.6) is 0 Å². The van der Waals surface area contributed by atoms with E-state index in [0.717, 1.165) is 36.9 Å². The topological polar surface area (TPSA) is 45.1 Å². The van der Waals surface area contributed by atoms with Gasteiger partial charge in [0.1, 0.15) is 5.82 Å². The van der Waals surface area contributed by atoms with Gasteiger partial charge in [0, 0.05) is 31.1 Å². The zero-order valence-corrected chi connectivity index (χ0v) is 13.2. The van der Waals surface area contributed by atoms with Crippen LogP contribution in [0, 0.1) is 11.7 Å². The van der Waals surface area contributed by atoms with Gasteiger partial charge in [-0.15, -0.1) is 0 Å². The normalized spacial score (nSPS) is 18.4. The molecule has 1 heterocycles. The first kappa shape index (κ1) is 16.1. The maximum Gasteiger partial charge on any atom is 0.123 e. The van der Waals surface area contributed by atoms with Crippen LogP contribution in [0.4, 0.5) is 4.39 Å². The van der Waals surface area contributed by atoms with Crippen LogP contribution >= 0.6 is 0 Å². The molecule has 2 atom stereocenters. The summed E-state index contributed by atoms with van der Waals surface area (Å²) in [6.45, 7) is 0.819. The lowest BCUT2D eigenvalue weighted by Crippen LogP contribution is -2.32. The Hall–Kier alpha value is -1.78. The molecule has 4 heteroatoms. The molecular formula is C19H23FN2O. The Balaban J connectivity index is 1.62. The summed E-state index contributed by atoms with van der Waals surface area (Å²) in [5.41, 5.74) is 3.30. The lowest BCUT2D eigenvalue weighted by molar-refractivity contribution is 0.215. The van der Waals surface area contributed by atoms with Crippen LogP contribution in [0.25, 0.3) is 0 Å². The molecule has 0 spiro atoms. The first-order valence-corrected chi connectivity index (χ1v) is 8.28. The number of nitrogens with one attached hydrogen (secondary N) is 1. The van der Waals surface area contributed by atoms with E-state index in [-0.39, 0.29) is 24.4 Å². The zero-order valence-electron chi connectivity index (χ0n) is 13.2. The van der Waals surface area contributed by atoms with Crippen LogP contribution in [0.1, 0.15) is 35.7 Å². The Labute approximate surface area is 136 Å². The van der Waals surface area contributed by atoms with Crippen molar-refractivity contribution in [2.24, 2.45) is 5.92 Å². The minimum atomic E-state index is -0.176. The molecule has 2 aromatic rings. The van der Waals surface area contributed by atoms with Crippen molar-refractivity contribution in [2.75, 3.05) is 13.2 Å². The summed E-state index contributed by atoms with van der Waals surface area (Å²) < 4.78 is 13.5. The predicted molar refractivity (Wildman–Crippen MR) is 88.6 cm³/mol. The minimum Gasteiger partial charge on any atom is -0.396 e. The van der Waals surface area contributed by atoms with Crippen molar-refractivity contribution in [2.45, 2.75) is 31.7 Å². The number of aryl methyl sites for hydroxylation is 1. The summed E-state index contributed by atoms with van der Waals surface area (Å²) in [6, 6.07) is 11.1. The number of benzene rings is 1. The van der Waals surface area contributed by atoms with Crippen LogP contribution < -0.4 is 5.32 Å². The summed E-state index contributed by atoms with van der Waals surface area (Å²) >= 11 is 0. The van der Waals surface area contributed by atoms with Gasteiger partial charge in [-0.1, -0.05) is 12.1 Å². The molecule has 0 radical (unpaired) electrons. The van der Waals surface area contributed by atoms with E-state index in [1.165, 1.54) is 5.56 Å². The number of halogens is 1. The highest BCUT2D eigenvalue weighted by atomic mass is 19.1. The zero-order chi connectivity index (χ0) is 16.1. The van der Waals surface area contributed by atoms with Crippen LogP contribution in [-0.4, -0.2) is 23.2 Å². The molecule has 1 aromatic heterocycles. The second kappa shape index (κ2) is 7.66. The Morgan fingerprint density at radius 1 is 1.30 bits per heavy atom. The second-order valence-electron chi connectivity index (χ2n) is 6.27. The van der Waals surface area contributed by atoms with Gasteiger partial charge in [-0.3, -0.25) is 4.98 Å². The van der Waals surface area contributed by atoms with Crippen LogP contribution in [0.3, 0.4) is 0 Å². The maximum absolute atomic E-state index is 13.5. The van der Waals surface area contributed by atoms with Crippen molar-refractivity contribution >= 4 is 0 Å². The Kier molecular flexibility index (Phi) is 5.36. The van der Waals surface area contributed by atoms with Gasteiger partial charge >= 0.3 is 0 Å². The second-order valence-corrected chi connectivity index (χ2v) is 6.27. The smallest absolute Gasteiger partial charge is 0.123 e. The summed E-state index contributed by atoms with van der Waals surface area (Å²) in [6.07, 6.45) is 5.66. The highest BCUT2D eigenvalue weighted by molar-refractivity contribution is 5.32. The molecule has 0 aliphatic heterocycles. The fraction of sp³-hybridized carbons (Fsp3) is 0.421. The third kappa shape index (κ3) is 4.15. The number of fused-ring (bicyclic) bond motifs is 1. The van der Waals surface area contributed by atoms with E-state index in [4.69, 9.17) is 0 Å². The van der Waals surface area contributed by atoms with Crippen molar-refractivity contribution in [1.82, 2.24) is 10.3 Å². The van der Waals surface area contributed by atoms with Crippen molar-refractivity contribution in [3.63, 3.8) is 0 Å². The highest BCUT2D eigenvalue weighted by Gasteiger charge is 2.21. The summed E-state index contributed by atoms with van der Waals surface area (Å²) in [7, 11) is 0. The third-order valence-electron chi connectivity index (χ3n) is 4.56. The SMILES string of the molecule is OC[C@@H](CN[C@H]1CCCc2ccc(F)cc21)Cc1ccccn1. The molecule has 2 N–H and O–H groups in total. The number of hydrogen-bond acceptors (Lipinski definition) is 3. The maximum atomic E-state index is 13.5. The molecule has 0 unspecified atom stereocenters. The number of rotatable bonds is 6. The van der Waals surface area contributed by atoms with Gasteiger partial charge in [-0.2, -0.15) is 0 Å². The van der Waals surface area contributed by atoms with Crippen LogP contribution in [0.2, 0.25) is 0 Å². The lowest BCUT2D eigenvalue weighted by Gasteiger charge is -2.28. The van der Waals surface area contributed by atoms with Crippen molar-refractivity contribution in [1.29, 1.82) is 0 Å². The molecule has 122 valence electrons. The Morgan fingerprint density at radius 3 is 3.00 bits per heavy atom. The van der Waals surface area contributed by atoms with Gasteiger partial charge in [0.15, 0.2) is 0 Å². The van der Waals surface area contributed by atoms with Gasteiger partial charge in [-0.25, -0.2) is 4.39 Å². The monoisotopic (exact) mass is 314 g/mol. The molecule has 0 saturated carbocycles. The van der Waals surface area contributed by atoms with Gasteiger partial charge < -0.3 is 10.4 Å². The minimum absolute atomic E-state index is 0.115. The fourth-order valence-corrected chi connectivity index (χ4v) is 3.31. The number of aliphatic hydroxyl groups is 1. The van der Waals surface area contributed by atoms with Gasteiger partial charge in [0.25, 0.3) is 0 Å². The molecule has 1 aliphatic carbocycles. The van der Waals surface area contributed by atoms with Crippen LogP contribution in [-0.2, 0) is 12.8 Å². The number of nitrogens with zero attached hydrogens (tertiary/aromatic N) is 1. The average Bonchev–Trinajstić information content (AvgIpc) is 2.59. The average molecular weight is 314 g/mol. The van der Waals surface area contributed by atoms with E-state index in [0.29, 0.717) is 6.54 Å².